The molecule has 3 heteroatoms. The van der Waals surface area contributed by atoms with Gasteiger partial charge in [0.25, 0.3) is 0 Å². The Morgan fingerprint density at radius 2 is 1.68 bits per heavy atom. The number of hydrogen-bond acceptors (Lipinski definition) is 3. The Labute approximate surface area is 149 Å². The molecule has 0 amide bonds. The Balaban J connectivity index is 2.06. The van der Waals surface area contributed by atoms with Crippen LogP contribution in [-0.4, -0.2) is 11.8 Å². The second kappa shape index (κ2) is 8.11. The van der Waals surface area contributed by atoms with Gasteiger partial charge in [0.1, 0.15) is 5.75 Å². The lowest BCUT2D eigenvalue weighted by Crippen LogP contribution is -2.15. The molecule has 25 heavy (non-hydrogen) atoms. The van der Waals surface area contributed by atoms with Gasteiger partial charge in [0.15, 0.2) is 5.78 Å². The molecular weight excluding hydrogens is 312 g/mol. The first-order valence-corrected chi connectivity index (χ1v) is 9.14. The van der Waals surface area contributed by atoms with E-state index in [1.807, 2.05) is 42.5 Å². The Kier molecular flexibility index (Phi) is 5.64. The van der Waals surface area contributed by atoms with Crippen LogP contribution in [-0.2, 0) is 4.79 Å². The summed E-state index contributed by atoms with van der Waals surface area (Å²) in [6.45, 7) is 1.76. The summed E-state index contributed by atoms with van der Waals surface area (Å²) < 4.78 is 5.51. The molecular formula is C22H24O3. The van der Waals surface area contributed by atoms with Crippen LogP contribution in [0.15, 0.2) is 48.5 Å². The molecule has 0 saturated heterocycles. The summed E-state index contributed by atoms with van der Waals surface area (Å²) in [4.78, 5) is 25.1. The Morgan fingerprint density at radius 1 is 0.960 bits per heavy atom. The number of hydrogen-bond donors (Lipinski definition) is 0. The third kappa shape index (κ3) is 3.98. The van der Waals surface area contributed by atoms with E-state index in [-0.39, 0.29) is 18.2 Å². The largest absolute Gasteiger partial charge is 0.426 e. The van der Waals surface area contributed by atoms with Crippen LogP contribution in [0.3, 0.4) is 0 Å². The molecule has 2 aromatic rings. The average molecular weight is 336 g/mol. The summed E-state index contributed by atoms with van der Waals surface area (Å²) in [6.07, 6.45) is 6.07. The molecule has 0 bridgehead atoms. The number of carbonyl (C=O) groups excluding carboxylic acids is 2. The lowest BCUT2D eigenvalue weighted by atomic mass is 9.80. The lowest BCUT2D eigenvalue weighted by Gasteiger charge is -2.25. The molecule has 0 unspecified atom stereocenters. The monoisotopic (exact) mass is 336 g/mol. The fraction of sp³-hybridized carbons (Fsp3) is 0.364. The minimum atomic E-state index is -0.317. The number of benzene rings is 2. The van der Waals surface area contributed by atoms with Gasteiger partial charge in [-0.2, -0.15) is 0 Å². The van der Waals surface area contributed by atoms with Crippen LogP contribution < -0.4 is 4.74 Å². The molecule has 0 N–H and O–H groups in total. The van der Waals surface area contributed by atoms with E-state index in [4.69, 9.17) is 4.74 Å². The van der Waals surface area contributed by atoms with Crippen molar-refractivity contribution in [1.82, 2.24) is 0 Å². The molecule has 0 atom stereocenters. The maximum atomic E-state index is 13.2. The fourth-order valence-electron chi connectivity index (χ4n) is 3.56. The van der Waals surface area contributed by atoms with Crippen LogP contribution in [0, 0.1) is 0 Å². The molecule has 0 heterocycles. The van der Waals surface area contributed by atoms with Gasteiger partial charge >= 0.3 is 5.97 Å². The van der Waals surface area contributed by atoms with Crippen LogP contribution in [0.25, 0.3) is 0 Å². The zero-order chi connectivity index (χ0) is 17.6. The third-order valence-corrected chi connectivity index (χ3v) is 4.88. The molecule has 3 nitrogen and oxygen atoms in total. The molecule has 3 rings (SSSR count). The first-order chi connectivity index (χ1) is 12.2. The second-order valence-corrected chi connectivity index (χ2v) is 6.58. The van der Waals surface area contributed by atoms with Crippen molar-refractivity contribution in [2.24, 2.45) is 0 Å². The van der Waals surface area contributed by atoms with Crippen molar-refractivity contribution in [3.63, 3.8) is 0 Å². The number of rotatable bonds is 5. The van der Waals surface area contributed by atoms with Crippen molar-refractivity contribution >= 4 is 11.8 Å². The van der Waals surface area contributed by atoms with Gasteiger partial charge in [0, 0.05) is 12.0 Å². The van der Waals surface area contributed by atoms with Gasteiger partial charge in [-0.15, -0.1) is 0 Å². The number of carbonyl (C=O) groups is 2. The molecule has 0 aliphatic heterocycles. The van der Waals surface area contributed by atoms with E-state index in [1.165, 1.54) is 19.3 Å². The summed E-state index contributed by atoms with van der Waals surface area (Å²) in [5.74, 6) is 0.365. The second-order valence-electron chi connectivity index (χ2n) is 6.58. The van der Waals surface area contributed by atoms with E-state index in [0.29, 0.717) is 22.8 Å². The van der Waals surface area contributed by atoms with E-state index >= 15 is 0 Å². The van der Waals surface area contributed by atoms with Crippen molar-refractivity contribution in [3.8, 4) is 5.75 Å². The Morgan fingerprint density at radius 3 is 2.36 bits per heavy atom. The van der Waals surface area contributed by atoms with Gasteiger partial charge < -0.3 is 4.74 Å². The first-order valence-electron chi connectivity index (χ1n) is 9.14. The van der Waals surface area contributed by atoms with Gasteiger partial charge in [-0.05, 0) is 30.4 Å². The van der Waals surface area contributed by atoms with Crippen molar-refractivity contribution in [2.45, 2.75) is 51.4 Å². The minimum Gasteiger partial charge on any atom is -0.426 e. The standard InChI is InChI=1S/C22H24O3/c1-2-20(23)25-19-15-9-14-18(16-10-5-3-6-11-16)21(19)22(24)17-12-7-4-8-13-17/h4,7-9,12-16H,2-3,5-6,10-11H2,1H3. The summed E-state index contributed by atoms with van der Waals surface area (Å²) in [6, 6.07) is 14.9. The maximum absolute atomic E-state index is 13.2. The zero-order valence-electron chi connectivity index (χ0n) is 14.7. The molecule has 1 fully saturated rings. The highest BCUT2D eigenvalue weighted by atomic mass is 16.5. The van der Waals surface area contributed by atoms with E-state index < -0.39 is 0 Å². The maximum Gasteiger partial charge on any atom is 0.310 e. The minimum absolute atomic E-state index is 0.0688. The Hall–Kier alpha value is -2.42. The van der Waals surface area contributed by atoms with Gasteiger partial charge in [-0.3, -0.25) is 9.59 Å². The SMILES string of the molecule is CCC(=O)Oc1cccc(C2CCCCC2)c1C(=O)c1ccccc1. The fourth-order valence-corrected chi connectivity index (χ4v) is 3.56. The lowest BCUT2D eigenvalue weighted by molar-refractivity contribution is -0.134. The highest BCUT2D eigenvalue weighted by Gasteiger charge is 2.26. The number of ether oxygens (including phenoxy) is 1. The van der Waals surface area contributed by atoms with Crippen LogP contribution in [0.4, 0.5) is 0 Å². The third-order valence-electron chi connectivity index (χ3n) is 4.88. The van der Waals surface area contributed by atoms with Crippen LogP contribution in [0.1, 0.15) is 72.9 Å². The molecule has 1 aliphatic carbocycles. The first kappa shape index (κ1) is 17.4. The molecule has 0 spiro atoms. The smallest absolute Gasteiger partial charge is 0.310 e. The van der Waals surface area contributed by atoms with E-state index in [1.54, 1.807) is 13.0 Å². The predicted octanol–water partition coefficient (Wildman–Crippen LogP) is 5.28. The van der Waals surface area contributed by atoms with Gasteiger partial charge in [-0.1, -0.05) is 68.7 Å². The summed E-state index contributed by atoms with van der Waals surface area (Å²) in [5, 5.41) is 0. The topological polar surface area (TPSA) is 43.4 Å². The van der Waals surface area contributed by atoms with Crippen molar-refractivity contribution in [3.05, 3.63) is 65.2 Å². The van der Waals surface area contributed by atoms with Crippen molar-refractivity contribution in [2.75, 3.05) is 0 Å². The highest BCUT2D eigenvalue weighted by Crippen LogP contribution is 2.38. The molecule has 130 valence electrons. The summed E-state index contributed by atoms with van der Waals surface area (Å²) in [7, 11) is 0. The average Bonchev–Trinajstić information content (AvgIpc) is 2.68. The van der Waals surface area contributed by atoms with Crippen LogP contribution >= 0.6 is 0 Å². The molecule has 0 aromatic heterocycles. The van der Waals surface area contributed by atoms with Gasteiger partial charge in [0.2, 0.25) is 0 Å². The predicted molar refractivity (Wildman–Crippen MR) is 98.1 cm³/mol. The van der Waals surface area contributed by atoms with Crippen molar-refractivity contribution < 1.29 is 14.3 Å². The van der Waals surface area contributed by atoms with Gasteiger partial charge in [-0.25, -0.2) is 0 Å². The summed E-state index contributed by atoms with van der Waals surface area (Å²) in [5.41, 5.74) is 2.21. The van der Waals surface area contributed by atoms with Crippen LogP contribution in [0.2, 0.25) is 0 Å². The van der Waals surface area contributed by atoms with Crippen molar-refractivity contribution in [1.29, 1.82) is 0 Å². The van der Waals surface area contributed by atoms with E-state index in [2.05, 4.69) is 0 Å². The van der Waals surface area contributed by atoms with Gasteiger partial charge in [0.05, 0.1) is 5.56 Å². The molecule has 1 aliphatic rings. The highest BCUT2D eigenvalue weighted by molar-refractivity contribution is 6.12. The van der Waals surface area contributed by atoms with E-state index in [9.17, 15) is 9.59 Å². The normalized spacial score (nSPS) is 14.9. The number of esters is 1. The zero-order valence-corrected chi connectivity index (χ0v) is 14.7. The van der Waals surface area contributed by atoms with E-state index in [0.717, 1.165) is 18.4 Å². The molecule has 2 aromatic carbocycles. The Bertz CT molecular complexity index is 743. The quantitative estimate of drug-likeness (QED) is 0.424. The van der Waals surface area contributed by atoms with Crippen LogP contribution in [0.5, 0.6) is 5.75 Å². The number of ketones is 1. The molecule has 1 saturated carbocycles. The summed E-state index contributed by atoms with van der Waals surface area (Å²) >= 11 is 0. The molecule has 0 radical (unpaired) electrons.